The van der Waals surface area contributed by atoms with Gasteiger partial charge in [0.05, 0.1) is 5.56 Å². The molecule has 4 nitrogen and oxygen atoms in total. The summed E-state index contributed by atoms with van der Waals surface area (Å²) >= 11 is 0. The van der Waals surface area contributed by atoms with E-state index in [1.165, 1.54) is 36.6 Å². The maximum Gasteiger partial charge on any atom is 0.416 e. The highest BCUT2D eigenvalue weighted by Crippen LogP contribution is 2.32. The average Bonchev–Trinajstić information content (AvgIpc) is 2.64. The number of allylic oxidation sites excluding steroid dienone is 1. The lowest BCUT2D eigenvalue weighted by molar-refractivity contribution is -0.137. The smallest absolute Gasteiger partial charge is 0.400 e. The first-order valence-corrected chi connectivity index (χ1v) is 7.95. The van der Waals surface area contributed by atoms with E-state index in [0.717, 1.165) is 13.2 Å². The second kappa shape index (κ2) is 15.5. The lowest BCUT2D eigenvalue weighted by Gasteiger charge is -2.09. The number of aliphatic hydroxyl groups excluding tert-OH is 1. The minimum absolute atomic E-state index is 0.0565. The Labute approximate surface area is 147 Å². The number of aliphatic imine (C=N–C) groups is 1. The van der Waals surface area contributed by atoms with Gasteiger partial charge >= 0.3 is 6.18 Å². The van der Waals surface area contributed by atoms with Crippen molar-refractivity contribution in [2.45, 2.75) is 38.9 Å². The molecule has 142 valence electrons. The molecule has 1 atom stereocenters. The largest absolute Gasteiger partial charge is 0.416 e. The highest BCUT2D eigenvalue weighted by molar-refractivity contribution is 5.80. The van der Waals surface area contributed by atoms with Gasteiger partial charge in [-0.3, -0.25) is 4.99 Å². The van der Waals surface area contributed by atoms with E-state index in [9.17, 15) is 18.0 Å². The minimum atomic E-state index is -4.40. The van der Waals surface area contributed by atoms with Crippen LogP contribution in [0, 0.1) is 0 Å². The molecule has 0 saturated heterocycles. The van der Waals surface area contributed by atoms with Crippen LogP contribution in [0.2, 0.25) is 0 Å². The van der Waals surface area contributed by atoms with Crippen molar-refractivity contribution in [1.29, 1.82) is 0 Å². The normalized spacial score (nSPS) is 12.2. The Morgan fingerprint density at radius 1 is 1.24 bits per heavy atom. The molecule has 0 heterocycles. The van der Waals surface area contributed by atoms with E-state index < -0.39 is 17.8 Å². The van der Waals surface area contributed by atoms with Crippen molar-refractivity contribution < 1.29 is 23.1 Å². The number of hydrogen-bond donors (Lipinski definition) is 2. The molecule has 3 N–H and O–H groups in total. The highest BCUT2D eigenvalue weighted by atomic mass is 19.4. The standard InChI is InChI=1S/C15H17F3N2O.C2H6.CH4O/c16-15(17,18)14-8-2-1-5-12(14)6-4-10-20-13(11-21)7-3-9-19;2*1-2/h1-2,4-6,8,10-11,13H,3,7,9,19H2;1-2H3;2H,1H3/b6-4+,20-10?;;. The molecule has 0 spiro atoms. The van der Waals surface area contributed by atoms with Crippen molar-refractivity contribution in [2.75, 3.05) is 13.7 Å². The third-order valence-electron chi connectivity index (χ3n) is 2.77. The van der Waals surface area contributed by atoms with E-state index in [2.05, 4.69) is 4.99 Å². The fraction of sp³-hybridized carbons (Fsp3) is 0.444. The predicted octanol–water partition coefficient (Wildman–Crippen LogP) is 3.73. The van der Waals surface area contributed by atoms with Gasteiger partial charge in [0, 0.05) is 13.3 Å². The van der Waals surface area contributed by atoms with Crippen LogP contribution in [0.25, 0.3) is 6.08 Å². The molecule has 1 unspecified atom stereocenters. The van der Waals surface area contributed by atoms with Gasteiger partial charge in [-0.05, 0) is 37.1 Å². The number of carbonyl (C=O) groups excluding carboxylic acids is 1. The zero-order valence-electron chi connectivity index (χ0n) is 14.8. The Bertz CT molecular complexity index is 515. The lowest BCUT2D eigenvalue weighted by Crippen LogP contribution is -2.09. The molecule has 0 aliphatic rings. The van der Waals surface area contributed by atoms with Gasteiger partial charge in [0.1, 0.15) is 12.3 Å². The number of hydrogen-bond acceptors (Lipinski definition) is 4. The molecule has 7 heteroatoms. The first-order chi connectivity index (χ1) is 12.0. The molecule has 1 rings (SSSR count). The molecule has 25 heavy (non-hydrogen) atoms. The van der Waals surface area contributed by atoms with Crippen molar-refractivity contribution in [3.05, 3.63) is 41.5 Å². The summed E-state index contributed by atoms with van der Waals surface area (Å²) in [6.07, 6.45) is 1.54. The minimum Gasteiger partial charge on any atom is -0.400 e. The number of carbonyl (C=O) groups is 1. The van der Waals surface area contributed by atoms with Crippen LogP contribution in [0.4, 0.5) is 13.2 Å². The van der Waals surface area contributed by atoms with Crippen LogP contribution >= 0.6 is 0 Å². The van der Waals surface area contributed by atoms with Gasteiger partial charge in [0.25, 0.3) is 0 Å². The summed E-state index contributed by atoms with van der Waals surface area (Å²) in [5.41, 5.74) is 4.68. The fourth-order valence-corrected chi connectivity index (χ4v) is 1.71. The Balaban J connectivity index is 0. The molecule has 0 fully saturated rings. The Morgan fingerprint density at radius 3 is 2.36 bits per heavy atom. The van der Waals surface area contributed by atoms with Crippen molar-refractivity contribution in [3.8, 4) is 0 Å². The van der Waals surface area contributed by atoms with Crippen molar-refractivity contribution >= 4 is 18.6 Å². The van der Waals surface area contributed by atoms with Crippen LogP contribution in [0.1, 0.15) is 37.8 Å². The van der Waals surface area contributed by atoms with Gasteiger partial charge in [0.15, 0.2) is 0 Å². The van der Waals surface area contributed by atoms with Crippen molar-refractivity contribution in [2.24, 2.45) is 10.7 Å². The van der Waals surface area contributed by atoms with Crippen LogP contribution in [0.3, 0.4) is 0 Å². The number of rotatable bonds is 7. The zero-order chi connectivity index (χ0) is 19.7. The first-order valence-electron chi connectivity index (χ1n) is 7.95. The second-order valence-corrected chi connectivity index (χ2v) is 4.38. The second-order valence-electron chi connectivity index (χ2n) is 4.38. The van der Waals surface area contributed by atoms with E-state index in [-0.39, 0.29) is 5.56 Å². The van der Waals surface area contributed by atoms with Gasteiger partial charge < -0.3 is 15.6 Å². The SMILES string of the molecule is CC.CO.NCCCC(C=O)N=C/C=C/c1ccccc1C(F)(F)F. The molecular formula is C18H27F3N2O2. The van der Waals surface area contributed by atoms with Crippen LogP contribution in [0.15, 0.2) is 35.3 Å². The number of alkyl halides is 3. The number of benzene rings is 1. The van der Waals surface area contributed by atoms with Crippen LogP contribution < -0.4 is 5.73 Å². The van der Waals surface area contributed by atoms with Gasteiger partial charge in [0.2, 0.25) is 0 Å². The average molecular weight is 360 g/mol. The Hall–Kier alpha value is -1.99. The summed E-state index contributed by atoms with van der Waals surface area (Å²) in [7, 11) is 1.00. The molecule has 0 radical (unpaired) electrons. The summed E-state index contributed by atoms with van der Waals surface area (Å²) in [4.78, 5) is 14.7. The third-order valence-corrected chi connectivity index (χ3v) is 2.77. The van der Waals surface area contributed by atoms with Gasteiger partial charge in [-0.1, -0.05) is 38.1 Å². The summed E-state index contributed by atoms with van der Waals surface area (Å²) in [6, 6.07) is 4.76. The van der Waals surface area contributed by atoms with Crippen molar-refractivity contribution in [1.82, 2.24) is 0 Å². The lowest BCUT2D eigenvalue weighted by atomic mass is 10.1. The van der Waals surface area contributed by atoms with Gasteiger partial charge in [-0.2, -0.15) is 13.2 Å². The zero-order valence-corrected chi connectivity index (χ0v) is 14.8. The monoisotopic (exact) mass is 360 g/mol. The van der Waals surface area contributed by atoms with E-state index in [1.54, 1.807) is 0 Å². The van der Waals surface area contributed by atoms with Crippen LogP contribution in [0.5, 0.6) is 0 Å². The molecular weight excluding hydrogens is 333 g/mol. The number of aldehydes is 1. The van der Waals surface area contributed by atoms with Crippen LogP contribution in [-0.4, -0.2) is 37.3 Å². The summed E-state index contributed by atoms with van der Waals surface area (Å²) in [5, 5.41) is 7.00. The fourth-order valence-electron chi connectivity index (χ4n) is 1.71. The summed E-state index contributed by atoms with van der Waals surface area (Å²) in [5.74, 6) is 0. The molecule has 0 bridgehead atoms. The molecule has 0 amide bonds. The van der Waals surface area contributed by atoms with E-state index in [4.69, 9.17) is 10.8 Å². The Kier molecular flexibility index (Phi) is 15.7. The molecule has 1 aromatic carbocycles. The van der Waals surface area contributed by atoms with Crippen LogP contribution in [-0.2, 0) is 11.0 Å². The molecule has 0 saturated carbocycles. The maximum atomic E-state index is 12.8. The Morgan fingerprint density at radius 2 is 1.84 bits per heavy atom. The summed E-state index contributed by atoms with van der Waals surface area (Å²) < 4.78 is 38.3. The van der Waals surface area contributed by atoms with Gasteiger partial charge in [-0.25, -0.2) is 0 Å². The van der Waals surface area contributed by atoms with Gasteiger partial charge in [-0.15, -0.1) is 0 Å². The highest BCUT2D eigenvalue weighted by Gasteiger charge is 2.32. The quantitative estimate of drug-likeness (QED) is 0.575. The van der Waals surface area contributed by atoms with E-state index in [0.29, 0.717) is 25.7 Å². The summed E-state index contributed by atoms with van der Waals surface area (Å²) in [6.45, 7) is 4.47. The first kappa shape index (κ1) is 25.3. The molecule has 1 aromatic rings. The topological polar surface area (TPSA) is 75.7 Å². The maximum absolute atomic E-state index is 12.8. The molecule has 0 aliphatic carbocycles. The predicted molar refractivity (Wildman–Crippen MR) is 96.6 cm³/mol. The molecule has 0 aliphatic heterocycles. The van der Waals surface area contributed by atoms with Crippen molar-refractivity contribution in [3.63, 3.8) is 0 Å². The third kappa shape index (κ3) is 11.2. The van der Waals surface area contributed by atoms with E-state index >= 15 is 0 Å². The number of halogens is 3. The van der Waals surface area contributed by atoms with E-state index in [1.807, 2.05) is 13.8 Å². The number of aliphatic hydroxyl groups is 1. The molecule has 0 aromatic heterocycles. The number of nitrogens with two attached hydrogens (primary N) is 1. The number of nitrogens with zero attached hydrogens (tertiary/aromatic N) is 1.